The third-order valence-electron chi connectivity index (χ3n) is 3.87. The number of nitrogens with zero attached hydrogens (tertiary/aromatic N) is 2. The number of hydrogen-bond acceptors (Lipinski definition) is 4. The number of rotatable bonds is 4. The van der Waals surface area contributed by atoms with Crippen LogP contribution < -0.4 is 4.72 Å². The largest absolute Gasteiger partial charge is 0.280 e. The van der Waals surface area contributed by atoms with E-state index < -0.39 is 10.0 Å². The molecule has 2 aromatic carbocycles. The van der Waals surface area contributed by atoms with E-state index in [4.69, 9.17) is 0 Å². The summed E-state index contributed by atoms with van der Waals surface area (Å²) < 4.78 is 27.8. The van der Waals surface area contributed by atoms with E-state index in [0.29, 0.717) is 5.69 Å². The van der Waals surface area contributed by atoms with E-state index in [9.17, 15) is 8.42 Å². The molecule has 0 atom stereocenters. The van der Waals surface area contributed by atoms with Crippen molar-refractivity contribution in [2.24, 2.45) is 0 Å². The Kier molecular flexibility index (Phi) is 3.70. The lowest BCUT2D eigenvalue weighted by Crippen LogP contribution is -2.12. The highest BCUT2D eigenvalue weighted by Gasteiger charge is 2.14. The van der Waals surface area contributed by atoms with Gasteiger partial charge in [0.05, 0.1) is 16.6 Å². The third-order valence-corrected chi connectivity index (χ3v) is 5.27. The van der Waals surface area contributed by atoms with Gasteiger partial charge in [-0.1, -0.05) is 12.1 Å². The van der Waals surface area contributed by atoms with Gasteiger partial charge in [0.25, 0.3) is 10.0 Å². The average Bonchev–Trinajstić information content (AvgIpc) is 3.10. The van der Waals surface area contributed by atoms with Crippen molar-refractivity contribution in [3.05, 3.63) is 73.2 Å². The summed E-state index contributed by atoms with van der Waals surface area (Å²) >= 11 is 0. The molecule has 0 aliphatic rings. The number of fused-ring (bicyclic) bond motifs is 1. The molecule has 2 heterocycles. The number of nitrogens with one attached hydrogen (secondary N) is 2. The zero-order valence-electron chi connectivity index (χ0n) is 13.0. The molecule has 0 aliphatic carbocycles. The van der Waals surface area contributed by atoms with Crippen molar-refractivity contribution in [1.82, 2.24) is 15.2 Å². The molecule has 4 rings (SSSR count). The Balaban J connectivity index is 1.61. The Morgan fingerprint density at radius 2 is 1.60 bits per heavy atom. The first-order valence-corrected chi connectivity index (χ1v) is 9.07. The van der Waals surface area contributed by atoms with Crippen molar-refractivity contribution in [3.8, 4) is 11.1 Å². The lowest BCUT2D eigenvalue weighted by Gasteiger charge is -2.09. The number of pyridine rings is 1. The summed E-state index contributed by atoms with van der Waals surface area (Å²) in [5, 5.41) is 7.60. The molecule has 0 spiro atoms. The topological polar surface area (TPSA) is 87.7 Å². The van der Waals surface area contributed by atoms with Crippen LogP contribution in [0, 0.1) is 0 Å². The van der Waals surface area contributed by atoms with Crippen LogP contribution in [0.2, 0.25) is 0 Å². The van der Waals surface area contributed by atoms with Crippen LogP contribution in [0.25, 0.3) is 22.0 Å². The maximum atomic E-state index is 12.6. The predicted octanol–water partition coefficient (Wildman–Crippen LogP) is 3.43. The molecule has 0 bridgehead atoms. The Bertz CT molecular complexity index is 1120. The van der Waals surface area contributed by atoms with Gasteiger partial charge < -0.3 is 0 Å². The van der Waals surface area contributed by atoms with Gasteiger partial charge in [-0.3, -0.25) is 14.8 Å². The molecule has 0 saturated carbocycles. The molecule has 2 N–H and O–H groups in total. The molecule has 0 aliphatic heterocycles. The number of benzene rings is 2. The van der Waals surface area contributed by atoms with Crippen LogP contribution in [-0.2, 0) is 10.0 Å². The van der Waals surface area contributed by atoms with Crippen LogP contribution in [0.1, 0.15) is 0 Å². The van der Waals surface area contributed by atoms with Gasteiger partial charge in [0, 0.05) is 23.5 Å². The van der Waals surface area contributed by atoms with Crippen molar-refractivity contribution in [2.45, 2.75) is 4.90 Å². The number of sulfonamides is 1. The lowest BCUT2D eigenvalue weighted by molar-refractivity contribution is 0.601. The zero-order valence-corrected chi connectivity index (χ0v) is 13.9. The Morgan fingerprint density at radius 1 is 0.880 bits per heavy atom. The summed E-state index contributed by atoms with van der Waals surface area (Å²) in [6.07, 6.45) is 5.05. The lowest BCUT2D eigenvalue weighted by atomic mass is 10.1. The van der Waals surface area contributed by atoms with Crippen molar-refractivity contribution >= 4 is 26.6 Å². The van der Waals surface area contributed by atoms with Crippen molar-refractivity contribution in [3.63, 3.8) is 0 Å². The molecule has 0 radical (unpaired) electrons. The highest BCUT2D eigenvalue weighted by atomic mass is 32.2. The minimum atomic E-state index is -3.66. The first-order chi connectivity index (χ1) is 12.1. The normalized spacial score (nSPS) is 11.5. The molecule has 6 nitrogen and oxygen atoms in total. The predicted molar refractivity (Wildman–Crippen MR) is 96.6 cm³/mol. The van der Waals surface area contributed by atoms with Crippen LogP contribution >= 0.6 is 0 Å². The molecule has 0 amide bonds. The molecule has 0 fully saturated rings. The van der Waals surface area contributed by atoms with Crippen molar-refractivity contribution in [2.75, 3.05) is 4.72 Å². The molecule has 0 unspecified atom stereocenters. The number of anilines is 1. The maximum Gasteiger partial charge on any atom is 0.261 e. The van der Waals surface area contributed by atoms with Gasteiger partial charge >= 0.3 is 0 Å². The number of H-pyrrole nitrogens is 1. The van der Waals surface area contributed by atoms with Crippen LogP contribution in [0.4, 0.5) is 5.69 Å². The van der Waals surface area contributed by atoms with Crippen molar-refractivity contribution in [1.29, 1.82) is 0 Å². The minimum absolute atomic E-state index is 0.206. The van der Waals surface area contributed by atoms with Gasteiger partial charge in [0.2, 0.25) is 0 Å². The summed E-state index contributed by atoms with van der Waals surface area (Å²) in [6, 6.07) is 15.7. The van der Waals surface area contributed by atoms with E-state index in [1.807, 2.05) is 12.1 Å². The van der Waals surface area contributed by atoms with Gasteiger partial charge in [-0.05, 0) is 53.6 Å². The molecule has 7 heteroatoms. The van der Waals surface area contributed by atoms with Crippen LogP contribution in [0.15, 0.2) is 78.1 Å². The van der Waals surface area contributed by atoms with Crippen LogP contribution in [0.5, 0.6) is 0 Å². The minimum Gasteiger partial charge on any atom is -0.280 e. The van der Waals surface area contributed by atoms with E-state index in [2.05, 4.69) is 19.9 Å². The second-order valence-electron chi connectivity index (χ2n) is 5.54. The van der Waals surface area contributed by atoms with Crippen LogP contribution in [0.3, 0.4) is 0 Å². The van der Waals surface area contributed by atoms with Crippen molar-refractivity contribution < 1.29 is 8.42 Å². The monoisotopic (exact) mass is 350 g/mol. The van der Waals surface area contributed by atoms with E-state index in [1.165, 1.54) is 0 Å². The Labute approximate surface area is 144 Å². The third kappa shape index (κ3) is 3.09. The van der Waals surface area contributed by atoms with E-state index in [1.54, 1.807) is 61.1 Å². The van der Waals surface area contributed by atoms with Crippen LogP contribution in [-0.4, -0.2) is 23.6 Å². The highest BCUT2D eigenvalue weighted by Crippen LogP contribution is 2.23. The molecule has 2 aromatic heterocycles. The fourth-order valence-electron chi connectivity index (χ4n) is 2.59. The summed E-state index contributed by atoms with van der Waals surface area (Å²) in [4.78, 5) is 4.19. The quantitative estimate of drug-likeness (QED) is 0.590. The average molecular weight is 350 g/mol. The smallest absolute Gasteiger partial charge is 0.261 e. The molecule has 4 aromatic rings. The number of aromatic nitrogens is 3. The number of hydrogen-bond donors (Lipinski definition) is 2. The van der Waals surface area contributed by atoms with Gasteiger partial charge in [-0.15, -0.1) is 0 Å². The van der Waals surface area contributed by atoms with Gasteiger partial charge in [0.15, 0.2) is 0 Å². The molecular weight excluding hydrogens is 336 g/mol. The summed E-state index contributed by atoms with van der Waals surface area (Å²) in [5.41, 5.74) is 3.26. The molecule has 0 saturated heterocycles. The molecule has 124 valence electrons. The maximum absolute atomic E-state index is 12.6. The Hall–Kier alpha value is -3.19. The fraction of sp³-hybridized carbons (Fsp3) is 0. The van der Waals surface area contributed by atoms with Gasteiger partial charge in [-0.25, -0.2) is 8.42 Å². The summed E-state index contributed by atoms with van der Waals surface area (Å²) in [7, 11) is -3.66. The van der Waals surface area contributed by atoms with E-state index >= 15 is 0 Å². The standard InChI is InChI=1S/C18H14N4O2S/c23-25(24,22-16-3-6-18-15(11-16)12-20-21-18)17-4-1-13(2-5-17)14-7-9-19-10-8-14/h1-12,22H,(H,20,21). The SMILES string of the molecule is O=S(=O)(Nc1ccc2[nH]ncc2c1)c1ccc(-c2ccncc2)cc1. The first-order valence-electron chi connectivity index (χ1n) is 7.58. The Morgan fingerprint density at radius 3 is 2.36 bits per heavy atom. The summed E-state index contributed by atoms with van der Waals surface area (Å²) in [6.45, 7) is 0. The first kappa shape index (κ1) is 15.3. The second-order valence-corrected chi connectivity index (χ2v) is 7.22. The number of aromatic amines is 1. The van der Waals surface area contributed by atoms with E-state index in [-0.39, 0.29) is 4.90 Å². The van der Waals surface area contributed by atoms with Gasteiger partial charge in [0.1, 0.15) is 0 Å². The highest BCUT2D eigenvalue weighted by molar-refractivity contribution is 7.92. The van der Waals surface area contributed by atoms with E-state index in [0.717, 1.165) is 22.0 Å². The zero-order chi connectivity index (χ0) is 17.3. The summed E-state index contributed by atoms with van der Waals surface area (Å²) in [5.74, 6) is 0. The second kappa shape index (κ2) is 6.03. The molecular formula is C18H14N4O2S. The van der Waals surface area contributed by atoms with Gasteiger partial charge in [-0.2, -0.15) is 5.10 Å². The fourth-order valence-corrected chi connectivity index (χ4v) is 3.64. The molecule has 25 heavy (non-hydrogen) atoms.